The summed E-state index contributed by atoms with van der Waals surface area (Å²) in [5, 5.41) is 6.20. The first-order valence-electron chi connectivity index (χ1n) is 9.35. The summed E-state index contributed by atoms with van der Waals surface area (Å²) >= 11 is 6.23. The standard InChI is InChI=1S/C20H19ClN6O3/c1-3-12-6-5-7-13(4-2)15(12)11-30-17-8-14(21)10-27-18(20(28)25-29)16(9-23-26-22)24-19(17)27/h5-8,10H,3-4,9,11H2,1-2H3. The van der Waals surface area contributed by atoms with E-state index in [2.05, 4.69) is 46.2 Å². The lowest BCUT2D eigenvalue weighted by Gasteiger charge is -2.15. The Kier molecular flexibility index (Phi) is 6.66. The molecule has 0 aliphatic carbocycles. The number of rotatable bonds is 8. The molecule has 0 atom stereocenters. The molecule has 0 spiro atoms. The molecule has 30 heavy (non-hydrogen) atoms. The summed E-state index contributed by atoms with van der Waals surface area (Å²) in [5.41, 5.74) is 12.3. The molecule has 0 N–H and O–H groups in total. The molecule has 0 saturated carbocycles. The number of halogens is 1. The molecule has 0 radical (unpaired) electrons. The van der Waals surface area contributed by atoms with Crippen LogP contribution in [-0.4, -0.2) is 15.3 Å². The largest absolute Gasteiger partial charge is 0.485 e. The van der Waals surface area contributed by atoms with Crippen molar-refractivity contribution in [1.82, 2.24) is 9.38 Å². The van der Waals surface area contributed by atoms with Gasteiger partial charge in [-0.25, -0.2) is 4.98 Å². The monoisotopic (exact) mass is 426 g/mol. The zero-order valence-electron chi connectivity index (χ0n) is 16.5. The molecule has 2 heterocycles. The maximum atomic E-state index is 12.1. The fourth-order valence-corrected chi connectivity index (χ4v) is 3.60. The topological polar surface area (TPSA) is 122 Å². The number of carbonyl (C=O) groups is 1. The second kappa shape index (κ2) is 9.39. The fourth-order valence-electron chi connectivity index (χ4n) is 3.40. The molecule has 0 fully saturated rings. The highest BCUT2D eigenvalue weighted by atomic mass is 35.5. The minimum atomic E-state index is -1.04. The van der Waals surface area contributed by atoms with Crippen LogP contribution in [0.1, 0.15) is 46.7 Å². The van der Waals surface area contributed by atoms with E-state index in [1.165, 1.54) is 21.7 Å². The Morgan fingerprint density at radius 3 is 2.60 bits per heavy atom. The minimum absolute atomic E-state index is 0.108. The SMILES string of the molecule is CCc1cccc(CC)c1COc1cc(Cl)cn2c(C(=O)N=O)c(CN=[N+]=[N-])nc12. The van der Waals surface area contributed by atoms with Crippen molar-refractivity contribution in [3.05, 3.63) is 78.9 Å². The summed E-state index contributed by atoms with van der Waals surface area (Å²) in [6.45, 7) is 4.23. The average Bonchev–Trinajstić information content (AvgIpc) is 3.13. The fraction of sp³-hybridized carbons (Fsp3) is 0.300. The van der Waals surface area contributed by atoms with Gasteiger partial charge in [0.2, 0.25) is 0 Å². The van der Waals surface area contributed by atoms with Gasteiger partial charge in [0.25, 0.3) is 0 Å². The van der Waals surface area contributed by atoms with Crippen molar-refractivity contribution < 1.29 is 9.53 Å². The van der Waals surface area contributed by atoms with Crippen LogP contribution in [0.25, 0.3) is 16.1 Å². The van der Waals surface area contributed by atoms with E-state index >= 15 is 0 Å². The molecule has 0 saturated heterocycles. The summed E-state index contributed by atoms with van der Waals surface area (Å²) in [5.74, 6) is -0.703. The predicted octanol–water partition coefficient (Wildman–Crippen LogP) is 5.41. The normalized spacial score (nSPS) is 10.6. The highest BCUT2D eigenvalue weighted by molar-refractivity contribution is 6.30. The van der Waals surface area contributed by atoms with E-state index in [0.717, 1.165) is 18.4 Å². The van der Waals surface area contributed by atoms with Crippen LogP contribution in [0.4, 0.5) is 0 Å². The highest BCUT2D eigenvalue weighted by Crippen LogP contribution is 2.29. The summed E-state index contributed by atoms with van der Waals surface area (Å²) in [6.07, 6.45) is 3.16. The van der Waals surface area contributed by atoms with Crippen molar-refractivity contribution in [2.75, 3.05) is 0 Å². The van der Waals surface area contributed by atoms with Gasteiger partial charge < -0.3 is 4.74 Å². The number of imidazole rings is 1. The Morgan fingerprint density at radius 2 is 2.00 bits per heavy atom. The average molecular weight is 427 g/mol. The van der Waals surface area contributed by atoms with Crippen molar-refractivity contribution >= 4 is 23.2 Å². The minimum Gasteiger partial charge on any atom is -0.485 e. The Bertz CT molecular complexity index is 1140. The van der Waals surface area contributed by atoms with E-state index in [-0.39, 0.29) is 35.2 Å². The zero-order chi connectivity index (χ0) is 21.7. The lowest BCUT2D eigenvalue weighted by Crippen LogP contribution is -2.06. The van der Waals surface area contributed by atoms with Gasteiger partial charge >= 0.3 is 5.91 Å². The van der Waals surface area contributed by atoms with Crippen molar-refractivity contribution in [2.24, 2.45) is 10.3 Å². The number of benzene rings is 1. The van der Waals surface area contributed by atoms with Crippen LogP contribution in [-0.2, 0) is 26.0 Å². The molecule has 0 aliphatic rings. The maximum absolute atomic E-state index is 12.1. The first kappa shape index (κ1) is 21.3. The summed E-state index contributed by atoms with van der Waals surface area (Å²) in [7, 11) is 0. The highest BCUT2D eigenvalue weighted by Gasteiger charge is 2.22. The third-order valence-corrected chi connectivity index (χ3v) is 5.00. The predicted molar refractivity (Wildman–Crippen MR) is 113 cm³/mol. The van der Waals surface area contributed by atoms with Crippen molar-refractivity contribution in [3.63, 3.8) is 0 Å². The Balaban J connectivity index is 2.09. The number of carbonyl (C=O) groups excluding carboxylic acids is 1. The van der Waals surface area contributed by atoms with Gasteiger partial charge in [0.15, 0.2) is 11.4 Å². The van der Waals surface area contributed by atoms with Crippen LogP contribution < -0.4 is 4.74 Å². The molecular formula is C20H19ClN6O3. The molecular weight excluding hydrogens is 408 g/mol. The molecule has 10 heteroatoms. The quantitative estimate of drug-likeness (QED) is 0.207. The van der Waals surface area contributed by atoms with Crippen molar-refractivity contribution in [2.45, 2.75) is 39.8 Å². The van der Waals surface area contributed by atoms with Gasteiger partial charge in [0, 0.05) is 22.4 Å². The molecule has 154 valence electrons. The van der Waals surface area contributed by atoms with Crippen LogP contribution >= 0.6 is 11.6 Å². The van der Waals surface area contributed by atoms with Crippen LogP contribution in [0.2, 0.25) is 5.02 Å². The first-order chi connectivity index (χ1) is 14.5. The van der Waals surface area contributed by atoms with Crippen molar-refractivity contribution in [1.29, 1.82) is 0 Å². The summed E-state index contributed by atoms with van der Waals surface area (Å²) in [6, 6.07) is 7.74. The smallest absolute Gasteiger partial charge is 0.335 e. The lowest BCUT2D eigenvalue weighted by atomic mass is 9.98. The van der Waals surface area contributed by atoms with Gasteiger partial charge in [-0.15, -0.1) is 4.91 Å². The Labute approximate surface area is 177 Å². The number of aryl methyl sites for hydroxylation is 2. The zero-order valence-corrected chi connectivity index (χ0v) is 17.3. The molecule has 0 bridgehead atoms. The first-order valence-corrected chi connectivity index (χ1v) is 9.73. The van der Waals surface area contributed by atoms with Gasteiger partial charge in [0.05, 0.1) is 17.3 Å². The Morgan fingerprint density at radius 1 is 1.30 bits per heavy atom. The molecule has 1 aromatic carbocycles. The number of nitrogens with zero attached hydrogens (tertiary/aromatic N) is 6. The second-order valence-electron chi connectivity index (χ2n) is 6.46. The van der Waals surface area contributed by atoms with E-state index < -0.39 is 5.91 Å². The molecule has 1 amide bonds. The van der Waals surface area contributed by atoms with Gasteiger partial charge in [-0.2, -0.15) is 0 Å². The van der Waals surface area contributed by atoms with E-state index in [1.54, 1.807) is 6.07 Å². The molecule has 9 nitrogen and oxygen atoms in total. The number of aromatic nitrogens is 2. The van der Waals surface area contributed by atoms with Crippen LogP contribution in [0.3, 0.4) is 0 Å². The number of amides is 1. The van der Waals surface area contributed by atoms with E-state index in [0.29, 0.717) is 5.75 Å². The van der Waals surface area contributed by atoms with Crippen LogP contribution in [0.5, 0.6) is 5.75 Å². The number of hydrogen-bond acceptors (Lipinski definition) is 5. The van der Waals surface area contributed by atoms with Crippen LogP contribution in [0.15, 0.2) is 40.8 Å². The molecule has 3 aromatic rings. The Hall–Kier alpha value is -3.42. The molecule has 0 unspecified atom stereocenters. The third kappa shape index (κ3) is 4.12. The van der Waals surface area contributed by atoms with E-state index in [9.17, 15) is 9.70 Å². The van der Waals surface area contributed by atoms with Gasteiger partial charge in [-0.3, -0.25) is 9.20 Å². The number of hydrogen-bond donors (Lipinski definition) is 0. The number of ether oxygens (including phenoxy) is 1. The molecule has 0 aliphatic heterocycles. The van der Waals surface area contributed by atoms with E-state index in [4.69, 9.17) is 21.9 Å². The molecule has 3 rings (SSSR count). The van der Waals surface area contributed by atoms with E-state index in [1.807, 2.05) is 6.07 Å². The number of nitroso groups, excluding NO2 is 1. The van der Waals surface area contributed by atoms with Gasteiger partial charge in [-0.1, -0.05) is 48.8 Å². The second-order valence-corrected chi connectivity index (χ2v) is 6.90. The number of pyridine rings is 1. The summed E-state index contributed by atoms with van der Waals surface area (Å²) < 4.78 is 7.41. The summed E-state index contributed by atoms with van der Waals surface area (Å²) in [4.78, 5) is 30.0. The molecule has 2 aromatic heterocycles. The number of fused-ring (bicyclic) bond motifs is 1. The van der Waals surface area contributed by atoms with Crippen LogP contribution in [0, 0.1) is 4.91 Å². The lowest BCUT2D eigenvalue weighted by molar-refractivity contribution is 0.0994. The third-order valence-electron chi connectivity index (χ3n) is 4.80. The number of azide groups is 1. The maximum Gasteiger partial charge on any atom is 0.335 e. The van der Waals surface area contributed by atoms with Gasteiger partial charge in [0.1, 0.15) is 12.3 Å². The van der Waals surface area contributed by atoms with Crippen molar-refractivity contribution in [3.8, 4) is 5.75 Å². The van der Waals surface area contributed by atoms with Gasteiger partial charge in [-0.05, 0) is 35.1 Å².